The molecule has 1 N–H and O–H groups in total. The molecule has 1 aliphatic heterocycles. The normalized spacial score (nSPS) is 18.1. The minimum Gasteiger partial charge on any atom is -0.484 e. The number of alkyl halides is 3. The van der Waals surface area contributed by atoms with Gasteiger partial charge in [-0.2, -0.15) is 13.2 Å². The van der Waals surface area contributed by atoms with Gasteiger partial charge in [-0.3, -0.25) is 0 Å². The van der Waals surface area contributed by atoms with E-state index in [0.29, 0.717) is 12.3 Å². The molecule has 0 saturated carbocycles. The number of rotatable bonds is 2. The van der Waals surface area contributed by atoms with Gasteiger partial charge in [-0.1, -0.05) is 24.3 Å². The molecule has 110 valence electrons. The van der Waals surface area contributed by atoms with Crippen LogP contribution in [0.1, 0.15) is 22.8 Å². The number of ether oxygens (including phenoxy) is 1. The minimum absolute atomic E-state index is 0.188. The number of nitrogens with one attached hydrogen (secondary N) is 1. The standard InChI is InChI=1S/C16H14F3NO/c17-16(18,19)12-5-7-13(8-6-12)21-15-10-20-9-11-3-1-2-4-14(11)15/h1-8,15,20H,9-10H2. The molecule has 0 bridgehead atoms. The van der Waals surface area contributed by atoms with Crippen molar-refractivity contribution in [2.75, 3.05) is 6.54 Å². The average molecular weight is 293 g/mol. The van der Waals surface area contributed by atoms with Crippen molar-refractivity contribution >= 4 is 0 Å². The van der Waals surface area contributed by atoms with Gasteiger partial charge in [-0.25, -0.2) is 0 Å². The van der Waals surface area contributed by atoms with Gasteiger partial charge in [0.15, 0.2) is 0 Å². The first kappa shape index (κ1) is 13.9. The van der Waals surface area contributed by atoms with Gasteiger partial charge in [-0.05, 0) is 35.4 Å². The van der Waals surface area contributed by atoms with Crippen LogP contribution in [-0.2, 0) is 12.7 Å². The molecule has 2 nitrogen and oxygen atoms in total. The highest BCUT2D eigenvalue weighted by Gasteiger charge is 2.30. The van der Waals surface area contributed by atoms with Crippen LogP contribution < -0.4 is 10.1 Å². The fourth-order valence-corrected chi connectivity index (χ4v) is 2.45. The van der Waals surface area contributed by atoms with Gasteiger partial charge < -0.3 is 10.1 Å². The van der Waals surface area contributed by atoms with Crippen LogP contribution in [0.15, 0.2) is 48.5 Å². The molecular formula is C16H14F3NO. The molecule has 0 amide bonds. The Bertz CT molecular complexity index is 622. The van der Waals surface area contributed by atoms with Gasteiger partial charge in [-0.15, -0.1) is 0 Å². The molecule has 1 heterocycles. The molecule has 1 unspecified atom stereocenters. The molecule has 1 aliphatic rings. The van der Waals surface area contributed by atoms with Crippen LogP contribution in [0, 0.1) is 0 Å². The molecule has 2 aromatic rings. The highest BCUT2D eigenvalue weighted by molar-refractivity contribution is 5.34. The van der Waals surface area contributed by atoms with E-state index in [1.165, 1.54) is 12.1 Å². The molecule has 5 heteroatoms. The van der Waals surface area contributed by atoms with Crippen molar-refractivity contribution < 1.29 is 17.9 Å². The van der Waals surface area contributed by atoms with Crippen LogP contribution in [0.4, 0.5) is 13.2 Å². The highest BCUT2D eigenvalue weighted by atomic mass is 19.4. The summed E-state index contributed by atoms with van der Waals surface area (Å²) in [5.41, 5.74) is 1.56. The number of hydrogen-bond donors (Lipinski definition) is 1. The summed E-state index contributed by atoms with van der Waals surface area (Å²) in [7, 11) is 0. The van der Waals surface area contributed by atoms with E-state index in [4.69, 9.17) is 4.74 Å². The summed E-state index contributed by atoms with van der Waals surface area (Å²) in [5.74, 6) is 0.437. The first-order chi connectivity index (χ1) is 10.0. The second-order valence-corrected chi connectivity index (χ2v) is 4.96. The van der Waals surface area contributed by atoms with Gasteiger partial charge in [0.2, 0.25) is 0 Å². The third-order valence-electron chi connectivity index (χ3n) is 3.51. The molecule has 1 atom stereocenters. The Hall–Kier alpha value is -2.01. The summed E-state index contributed by atoms with van der Waals surface area (Å²) in [6.07, 6.45) is -4.51. The Balaban J connectivity index is 1.79. The lowest BCUT2D eigenvalue weighted by molar-refractivity contribution is -0.137. The predicted octanol–water partition coefficient (Wildman–Crippen LogP) is 3.93. The van der Waals surface area contributed by atoms with E-state index < -0.39 is 11.7 Å². The largest absolute Gasteiger partial charge is 0.484 e. The van der Waals surface area contributed by atoms with Gasteiger partial charge >= 0.3 is 6.18 Å². The van der Waals surface area contributed by atoms with Crippen LogP contribution in [0.3, 0.4) is 0 Å². The van der Waals surface area contributed by atoms with Crippen LogP contribution in [0.5, 0.6) is 5.75 Å². The van der Waals surface area contributed by atoms with Crippen molar-refractivity contribution in [2.45, 2.75) is 18.8 Å². The number of benzene rings is 2. The summed E-state index contributed by atoms with van der Waals surface area (Å²) >= 11 is 0. The topological polar surface area (TPSA) is 21.3 Å². The second kappa shape index (κ2) is 5.41. The molecule has 0 saturated heterocycles. The maximum atomic E-state index is 12.5. The monoisotopic (exact) mass is 293 g/mol. The van der Waals surface area contributed by atoms with Gasteiger partial charge in [0.05, 0.1) is 5.56 Å². The second-order valence-electron chi connectivity index (χ2n) is 4.96. The van der Waals surface area contributed by atoms with Crippen LogP contribution in [0.2, 0.25) is 0 Å². The van der Waals surface area contributed by atoms with E-state index in [-0.39, 0.29) is 6.10 Å². The lowest BCUT2D eigenvalue weighted by Gasteiger charge is -2.27. The van der Waals surface area contributed by atoms with Crippen molar-refractivity contribution in [3.05, 3.63) is 65.2 Å². The molecule has 0 fully saturated rings. The molecule has 2 aromatic carbocycles. The Kier molecular flexibility index (Phi) is 3.59. The van der Waals surface area contributed by atoms with Gasteiger partial charge in [0.25, 0.3) is 0 Å². The van der Waals surface area contributed by atoms with Gasteiger partial charge in [0.1, 0.15) is 11.9 Å². The van der Waals surface area contributed by atoms with E-state index in [1.807, 2.05) is 24.3 Å². The Morgan fingerprint density at radius 1 is 1.00 bits per heavy atom. The van der Waals surface area contributed by atoms with Crippen molar-refractivity contribution in [1.29, 1.82) is 0 Å². The molecule has 0 aromatic heterocycles. The van der Waals surface area contributed by atoms with Crippen molar-refractivity contribution in [3.63, 3.8) is 0 Å². The minimum atomic E-state index is -4.32. The van der Waals surface area contributed by atoms with E-state index in [2.05, 4.69) is 5.32 Å². The zero-order chi connectivity index (χ0) is 14.9. The summed E-state index contributed by atoms with van der Waals surface area (Å²) < 4.78 is 43.4. The number of hydrogen-bond acceptors (Lipinski definition) is 2. The number of fused-ring (bicyclic) bond motifs is 1. The third-order valence-corrected chi connectivity index (χ3v) is 3.51. The van der Waals surface area contributed by atoms with Crippen molar-refractivity contribution in [2.24, 2.45) is 0 Å². The lowest BCUT2D eigenvalue weighted by atomic mass is 9.99. The molecule has 21 heavy (non-hydrogen) atoms. The van der Waals surface area contributed by atoms with Crippen LogP contribution in [0.25, 0.3) is 0 Å². The van der Waals surface area contributed by atoms with E-state index in [9.17, 15) is 13.2 Å². The smallest absolute Gasteiger partial charge is 0.416 e. The van der Waals surface area contributed by atoms with E-state index in [1.54, 1.807) is 0 Å². The molecule has 0 radical (unpaired) electrons. The van der Waals surface area contributed by atoms with Crippen molar-refractivity contribution in [3.8, 4) is 5.75 Å². The zero-order valence-corrected chi connectivity index (χ0v) is 11.2. The molecule has 0 spiro atoms. The van der Waals surface area contributed by atoms with Crippen molar-refractivity contribution in [1.82, 2.24) is 5.32 Å². The Labute approximate surface area is 120 Å². The molecule has 0 aliphatic carbocycles. The molecular weight excluding hydrogens is 279 g/mol. The first-order valence-electron chi connectivity index (χ1n) is 6.66. The number of halogens is 3. The van der Waals surface area contributed by atoms with Gasteiger partial charge in [0, 0.05) is 13.1 Å². The lowest BCUT2D eigenvalue weighted by Crippen LogP contribution is -2.31. The fraction of sp³-hybridized carbons (Fsp3) is 0.250. The van der Waals surface area contributed by atoms with Crippen LogP contribution in [-0.4, -0.2) is 6.54 Å². The summed E-state index contributed by atoms with van der Waals surface area (Å²) in [6.45, 7) is 1.42. The predicted molar refractivity (Wildman–Crippen MR) is 73.0 cm³/mol. The fourth-order valence-electron chi connectivity index (χ4n) is 2.45. The van der Waals surface area contributed by atoms with E-state index in [0.717, 1.165) is 29.8 Å². The summed E-state index contributed by atoms with van der Waals surface area (Å²) in [5, 5.41) is 3.24. The summed E-state index contributed by atoms with van der Waals surface area (Å²) in [6, 6.07) is 12.7. The summed E-state index contributed by atoms with van der Waals surface area (Å²) in [4.78, 5) is 0. The van der Waals surface area contributed by atoms with Crippen LogP contribution >= 0.6 is 0 Å². The maximum absolute atomic E-state index is 12.5. The van der Waals surface area contributed by atoms with E-state index >= 15 is 0 Å². The average Bonchev–Trinajstić information content (AvgIpc) is 2.47. The maximum Gasteiger partial charge on any atom is 0.416 e. The quantitative estimate of drug-likeness (QED) is 0.906. The highest BCUT2D eigenvalue weighted by Crippen LogP contribution is 2.32. The molecule has 3 rings (SSSR count). The Morgan fingerprint density at radius 2 is 1.71 bits per heavy atom. The third kappa shape index (κ3) is 3.03. The zero-order valence-electron chi connectivity index (χ0n) is 11.2. The SMILES string of the molecule is FC(F)(F)c1ccc(OC2CNCc3ccccc32)cc1. The Morgan fingerprint density at radius 3 is 2.43 bits per heavy atom. The first-order valence-corrected chi connectivity index (χ1v) is 6.66.